The smallest absolute Gasteiger partial charge is 0.135 e. The summed E-state index contributed by atoms with van der Waals surface area (Å²) in [5.74, 6) is 0. The van der Waals surface area contributed by atoms with Gasteiger partial charge in [0.25, 0.3) is 0 Å². The highest BCUT2D eigenvalue weighted by Gasteiger charge is 2.03. The average molecular weight is 594 g/mol. The van der Waals surface area contributed by atoms with E-state index in [-0.39, 0.29) is 105 Å². The van der Waals surface area contributed by atoms with E-state index in [0.717, 1.165) is 11.2 Å². The van der Waals surface area contributed by atoms with Gasteiger partial charge >= 0.3 is 0 Å². The average Bonchev–Trinajstić information content (AvgIpc) is 2.56. The Morgan fingerprint density at radius 1 is 0.500 bits per heavy atom. The van der Waals surface area contributed by atoms with Crippen molar-refractivity contribution >= 4 is 21.9 Å². The van der Waals surface area contributed by atoms with Gasteiger partial charge in [-0.3, -0.25) is 0 Å². The fourth-order valence-electron chi connectivity index (χ4n) is 1.67. The summed E-state index contributed by atoms with van der Waals surface area (Å²) in [7, 11) is 0. The highest BCUT2D eigenvalue weighted by Crippen LogP contribution is 2.27. The van der Waals surface area contributed by atoms with Crippen molar-refractivity contribution < 1.29 is 110 Å². The van der Waals surface area contributed by atoms with E-state index >= 15 is 0 Å². The molecule has 0 amide bonds. The number of hydrogen-bond donors (Lipinski definition) is 0. The molecular weight excluding hydrogens is 586 g/mol. The van der Waals surface area contributed by atoms with Gasteiger partial charge in [-0.2, -0.15) is 0 Å². The third-order valence-electron chi connectivity index (χ3n) is 2.28. The summed E-state index contributed by atoms with van der Waals surface area (Å²) in [6, 6.07) is 16.2. The molecule has 1 nitrogen and oxygen atoms in total. The van der Waals surface area contributed by atoms with E-state index < -0.39 is 0 Å². The van der Waals surface area contributed by atoms with Gasteiger partial charge < -0.3 is 110 Å². The van der Waals surface area contributed by atoms with Crippen molar-refractivity contribution in [3.05, 3.63) is 48.5 Å². The molecule has 0 radical (unpaired) electrons. The minimum Gasteiger partial charge on any atom is -1.00 e. The quantitative estimate of drug-likeness (QED) is 0.253. The number of halogens is 7. The summed E-state index contributed by atoms with van der Waals surface area (Å²) in [5, 5.41) is 2.39. The predicted octanol–water partition coefficient (Wildman–Crippen LogP) is -17.4. The van der Waals surface area contributed by atoms with Crippen LogP contribution in [0.2, 0.25) is 0 Å². The Morgan fingerprint density at radius 3 is 1.15 bits per heavy atom. The third kappa shape index (κ3) is 6.42. The highest BCUT2D eigenvalue weighted by atomic mass is 79.9. The van der Waals surface area contributed by atoms with Crippen LogP contribution in [0, 0.1) is 0 Å². The van der Waals surface area contributed by atoms with Crippen molar-refractivity contribution in [3.63, 3.8) is 0 Å². The summed E-state index contributed by atoms with van der Waals surface area (Å²) >= 11 is 0. The van der Waals surface area contributed by atoms with Gasteiger partial charge in [-0.25, -0.2) is 0 Å². The van der Waals surface area contributed by atoms with Crippen molar-refractivity contribution in [3.8, 4) is 0 Å². The maximum atomic E-state index is 5.65. The van der Waals surface area contributed by atoms with Gasteiger partial charge in [0.05, 0.1) is 0 Å². The SMILES string of the molecule is [Br-].[Br-].[Br-].[Br-].[Cl-].[Cl-].[Cl-].c1ccc2c(c1)oc1ccccc12. The Balaban J connectivity index is -0.000000107. The van der Waals surface area contributed by atoms with E-state index in [9.17, 15) is 0 Å². The second-order valence-electron chi connectivity index (χ2n) is 3.09. The van der Waals surface area contributed by atoms with E-state index in [1.807, 2.05) is 36.4 Å². The molecule has 0 N–H and O–H groups in total. The minimum absolute atomic E-state index is 0. The van der Waals surface area contributed by atoms with Crippen LogP contribution in [-0.4, -0.2) is 0 Å². The van der Waals surface area contributed by atoms with Crippen molar-refractivity contribution in [2.24, 2.45) is 0 Å². The van der Waals surface area contributed by atoms with Crippen LogP contribution in [0.25, 0.3) is 21.9 Å². The largest absolute Gasteiger partial charge is 1.00 e. The Morgan fingerprint density at radius 2 is 0.800 bits per heavy atom. The fraction of sp³-hybridized carbons (Fsp3) is 0. The Hall–Kier alpha value is 1.03. The standard InChI is InChI=1S/C12H8O.4BrH.3ClH/c1-3-7-11-9(5-1)10-6-2-4-8-12(10)13-11;;;;;;;/h1-8H;7*1H/p-7. The van der Waals surface area contributed by atoms with Crippen LogP contribution in [0.3, 0.4) is 0 Å². The summed E-state index contributed by atoms with van der Waals surface area (Å²) in [6.45, 7) is 0. The minimum atomic E-state index is 0. The maximum absolute atomic E-state index is 5.65. The van der Waals surface area contributed by atoms with Crippen LogP contribution in [-0.2, 0) is 0 Å². The number of furan rings is 1. The zero-order valence-corrected chi connectivity index (χ0v) is 18.3. The van der Waals surface area contributed by atoms with E-state index in [4.69, 9.17) is 4.42 Å². The van der Waals surface area contributed by atoms with E-state index in [1.165, 1.54) is 10.8 Å². The number of para-hydroxylation sites is 2. The van der Waals surface area contributed by atoms with Crippen LogP contribution in [0.5, 0.6) is 0 Å². The first-order valence-corrected chi connectivity index (χ1v) is 4.31. The molecule has 3 aromatic rings. The Bertz CT molecular complexity index is 538. The molecule has 0 fully saturated rings. The lowest BCUT2D eigenvalue weighted by atomic mass is 10.2. The van der Waals surface area contributed by atoms with Gasteiger partial charge in [-0.1, -0.05) is 36.4 Å². The molecule has 8 heteroatoms. The van der Waals surface area contributed by atoms with Crippen molar-refractivity contribution in [1.29, 1.82) is 0 Å². The molecule has 118 valence electrons. The van der Waals surface area contributed by atoms with Gasteiger partial charge in [-0.15, -0.1) is 0 Å². The number of benzene rings is 2. The first-order valence-electron chi connectivity index (χ1n) is 4.31. The molecule has 1 heterocycles. The molecule has 0 aliphatic heterocycles. The molecule has 0 bridgehead atoms. The first kappa shape index (κ1) is 32.8. The topological polar surface area (TPSA) is 13.1 Å². The number of hydrogen-bond acceptors (Lipinski definition) is 1. The molecule has 3 rings (SSSR count). The Kier molecular flexibility index (Phi) is 24.5. The van der Waals surface area contributed by atoms with Gasteiger partial charge in [0.1, 0.15) is 11.2 Å². The molecule has 20 heavy (non-hydrogen) atoms. The molecule has 0 spiro atoms. The molecule has 0 saturated carbocycles. The van der Waals surface area contributed by atoms with Crippen molar-refractivity contribution in [1.82, 2.24) is 0 Å². The monoisotopic (exact) mass is 589 g/mol. The lowest BCUT2D eigenvalue weighted by Gasteiger charge is -1.85. The fourth-order valence-corrected chi connectivity index (χ4v) is 1.67. The van der Waals surface area contributed by atoms with E-state index in [0.29, 0.717) is 0 Å². The molecule has 2 aromatic carbocycles. The highest BCUT2D eigenvalue weighted by molar-refractivity contribution is 6.04. The second-order valence-corrected chi connectivity index (χ2v) is 3.09. The molecule has 0 aliphatic carbocycles. The van der Waals surface area contributed by atoms with Crippen LogP contribution in [0.4, 0.5) is 0 Å². The number of fused-ring (bicyclic) bond motifs is 3. The van der Waals surface area contributed by atoms with E-state index in [1.54, 1.807) is 0 Å². The lowest BCUT2D eigenvalue weighted by molar-refractivity contribution is -0.00100. The molecule has 0 saturated heterocycles. The van der Waals surface area contributed by atoms with Crippen LogP contribution < -0.4 is 105 Å². The second kappa shape index (κ2) is 14.9. The molecule has 0 atom stereocenters. The zero-order chi connectivity index (χ0) is 8.67. The van der Waals surface area contributed by atoms with Crippen LogP contribution >= 0.6 is 0 Å². The summed E-state index contributed by atoms with van der Waals surface area (Å²) < 4.78 is 5.65. The summed E-state index contributed by atoms with van der Waals surface area (Å²) in [6.07, 6.45) is 0. The normalized spacial score (nSPS) is 7.20. The lowest BCUT2D eigenvalue weighted by Crippen LogP contribution is -3.00. The van der Waals surface area contributed by atoms with Gasteiger partial charge in [0, 0.05) is 10.8 Å². The van der Waals surface area contributed by atoms with Crippen molar-refractivity contribution in [2.45, 2.75) is 0 Å². The molecular formula is C12H8Br4Cl3O-7. The Labute approximate surface area is 178 Å². The summed E-state index contributed by atoms with van der Waals surface area (Å²) in [5.41, 5.74) is 1.92. The first-order chi connectivity index (χ1) is 6.45. The molecule has 0 aliphatic rings. The summed E-state index contributed by atoms with van der Waals surface area (Å²) in [4.78, 5) is 0. The van der Waals surface area contributed by atoms with Gasteiger partial charge in [0.15, 0.2) is 0 Å². The van der Waals surface area contributed by atoms with Crippen molar-refractivity contribution in [2.75, 3.05) is 0 Å². The van der Waals surface area contributed by atoms with Gasteiger partial charge in [-0.05, 0) is 12.1 Å². The van der Waals surface area contributed by atoms with Crippen LogP contribution in [0.15, 0.2) is 52.9 Å². The third-order valence-corrected chi connectivity index (χ3v) is 2.28. The zero-order valence-electron chi connectivity index (χ0n) is 9.67. The van der Waals surface area contributed by atoms with Gasteiger partial charge in [0.2, 0.25) is 0 Å². The molecule has 1 aromatic heterocycles. The maximum Gasteiger partial charge on any atom is 0.135 e. The predicted molar refractivity (Wildman–Crippen MR) is 53.7 cm³/mol. The van der Waals surface area contributed by atoms with Crippen LogP contribution in [0.1, 0.15) is 0 Å². The molecule has 0 unspecified atom stereocenters. The van der Waals surface area contributed by atoms with E-state index in [2.05, 4.69) is 12.1 Å². The number of rotatable bonds is 0.